The Bertz CT molecular complexity index is 756. The standard InChI is InChI=1S/C19H21FN2O5/c20-14-7-5-13(6-8-14)15(23)12-27-16(24)4-3-11-22-17(25)19(21-18(22)26)9-1-2-10-19/h5-8H,1-4,9-12H2,(H,21,26). The van der Waals surface area contributed by atoms with Crippen LogP contribution in [0.4, 0.5) is 9.18 Å². The van der Waals surface area contributed by atoms with E-state index in [0.717, 1.165) is 29.9 Å². The molecule has 1 aliphatic heterocycles. The van der Waals surface area contributed by atoms with Gasteiger partial charge in [-0.15, -0.1) is 0 Å². The molecule has 0 bridgehead atoms. The van der Waals surface area contributed by atoms with Crippen molar-refractivity contribution in [2.75, 3.05) is 13.2 Å². The van der Waals surface area contributed by atoms with E-state index in [1.165, 1.54) is 12.1 Å². The molecule has 27 heavy (non-hydrogen) atoms. The highest BCUT2D eigenvalue weighted by Crippen LogP contribution is 2.35. The Morgan fingerprint density at radius 1 is 1.15 bits per heavy atom. The number of benzene rings is 1. The molecular weight excluding hydrogens is 355 g/mol. The number of carbonyl (C=O) groups excluding carboxylic acids is 4. The van der Waals surface area contributed by atoms with Gasteiger partial charge in [0.1, 0.15) is 11.4 Å². The van der Waals surface area contributed by atoms with Gasteiger partial charge in [0.05, 0.1) is 0 Å². The molecule has 0 radical (unpaired) electrons. The lowest BCUT2D eigenvalue weighted by Gasteiger charge is -2.19. The summed E-state index contributed by atoms with van der Waals surface area (Å²) in [6, 6.07) is 4.54. The smallest absolute Gasteiger partial charge is 0.325 e. The fourth-order valence-corrected chi connectivity index (χ4v) is 3.52. The van der Waals surface area contributed by atoms with Crippen LogP contribution in [0.25, 0.3) is 0 Å². The van der Waals surface area contributed by atoms with Crippen LogP contribution in [-0.2, 0) is 14.3 Å². The van der Waals surface area contributed by atoms with Crippen molar-refractivity contribution in [3.8, 4) is 0 Å². The van der Waals surface area contributed by atoms with Crippen LogP contribution in [0, 0.1) is 5.82 Å². The first kappa shape index (κ1) is 19.0. The van der Waals surface area contributed by atoms with E-state index in [4.69, 9.17) is 4.74 Å². The number of ketones is 1. The van der Waals surface area contributed by atoms with Gasteiger partial charge in [-0.25, -0.2) is 9.18 Å². The van der Waals surface area contributed by atoms with Crippen molar-refractivity contribution < 1.29 is 28.3 Å². The van der Waals surface area contributed by atoms with Crippen molar-refractivity contribution in [3.63, 3.8) is 0 Å². The van der Waals surface area contributed by atoms with E-state index in [1.54, 1.807) is 0 Å². The number of carbonyl (C=O) groups is 4. The van der Waals surface area contributed by atoms with Crippen LogP contribution in [0.1, 0.15) is 48.9 Å². The van der Waals surface area contributed by atoms with E-state index in [0.29, 0.717) is 12.8 Å². The molecule has 1 N–H and O–H groups in total. The van der Waals surface area contributed by atoms with E-state index < -0.39 is 35.7 Å². The molecule has 1 saturated carbocycles. The molecule has 144 valence electrons. The topological polar surface area (TPSA) is 92.8 Å². The molecule has 1 aromatic rings. The van der Waals surface area contributed by atoms with E-state index in [9.17, 15) is 23.6 Å². The van der Waals surface area contributed by atoms with Crippen molar-refractivity contribution in [2.45, 2.75) is 44.1 Å². The number of rotatable bonds is 7. The van der Waals surface area contributed by atoms with Crippen molar-refractivity contribution in [2.24, 2.45) is 0 Å². The number of nitrogens with one attached hydrogen (secondary N) is 1. The zero-order valence-electron chi connectivity index (χ0n) is 14.8. The SMILES string of the molecule is O=C(CCCN1C(=O)NC2(CCCC2)C1=O)OCC(=O)c1ccc(F)cc1. The second kappa shape index (κ2) is 7.85. The summed E-state index contributed by atoms with van der Waals surface area (Å²) in [5.74, 6) is -1.69. The van der Waals surface area contributed by atoms with E-state index in [-0.39, 0.29) is 30.9 Å². The average Bonchev–Trinajstić information content (AvgIpc) is 3.20. The molecule has 1 heterocycles. The first-order valence-electron chi connectivity index (χ1n) is 9.00. The van der Waals surface area contributed by atoms with Gasteiger partial charge in [0, 0.05) is 18.5 Å². The van der Waals surface area contributed by atoms with Crippen molar-refractivity contribution >= 4 is 23.7 Å². The number of Topliss-reactive ketones (excluding diaryl/α,β-unsaturated/α-hetero) is 1. The van der Waals surface area contributed by atoms with Crippen LogP contribution in [0.5, 0.6) is 0 Å². The van der Waals surface area contributed by atoms with Crippen LogP contribution in [0.2, 0.25) is 0 Å². The number of ether oxygens (including phenoxy) is 1. The molecule has 0 aromatic heterocycles. The monoisotopic (exact) mass is 376 g/mol. The molecule has 8 heteroatoms. The van der Waals surface area contributed by atoms with Crippen molar-refractivity contribution in [1.29, 1.82) is 0 Å². The summed E-state index contributed by atoms with van der Waals surface area (Å²) in [4.78, 5) is 49.3. The number of nitrogens with zero attached hydrogens (tertiary/aromatic N) is 1. The number of amides is 3. The number of imide groups is 1. The summed E-state index contributed by atoms with van der Waals surface area (Å²) in [7, 11) is 0. The zero-order chi connectivity index (χ0) is 19.4. The minimum atomic E-state index is -0.751. The van der Waals surface area contributed by atoms with Gasteiger partial charge in [-0.05, 0) is 43.5 Å². The maximum absolute atomic E-state index is 12.8. The molecule has 3 amide bonds. The van der Waals surface area contributed by atoms with Gasteiger partial charge in [0.15, 0.2) is 12.4 Å². The molecule has 3 rings (SSSR count). The predicted molar refractivity (Wildman–Crippen MR) is 92.4 cm³/mol. The molecule has 1 saturated heterocycles. The quantitative estimate of drug-likeness (QED) is 0.447. The van der Waals surface area contributed by atoms with Crippen molar-refractivity contribution in [1.82, 2.24) is 10.2 Å². The Morgan fingerprint density at radius 3 is 2.48 bits per heavy atom. The minimum absolute atomic E-state index is 0.0131. The van der Waals surface area contributed by atoms with Gasteiger partial charge in [0.2, 0.25) is 0 Å². The van der Waals surface area contributed by atoms with Gasteiger partial charge in [-0.3, -0.25) is 19.3 Å². The minimum Gasteiger partial charge on any atom is -0.457 e. The Labute approximate surface area is 155 Å². The van der Waals surface area contributed by atoms with E-state index in [2.05, 4.69) is 5.32 Å². The zero-order valence-corrected chi connectivity index (χ0v) is 14.8. The number of hydrogen-bond donors (Lipinski definition) is 1. The highest BCUT2D eigenvalue weighted by molar-refractivity contribution is 6.07. The van der Waals surface area contributed by atoms with Gasteiger partial charge in [0.25, 0.3) is 5.91 Å². The predicted octanol–water partition coefficient (Wildman–Crippen LogP) is 2.20. The fraction of sp³-hybridized carbons (Fsp3) is 0.474. The molecule has 1 spiro atoms. The summed E-state index contributed by atoms with van der Waals surface area (Å²) in [5.41, 5.74) is -0.496. The number of esters is 1. The lowest BCUT2D eigenvalue weighted by atomic mass is 9.98. The van der Waals surface area contributed by atoms with E-state index in [1.807, 2.05) is 0 Å². The maximum atomic E-state index is 12.8. The molecule has 2 aliphatic rings. The van der Waals surface area contributed by atoms with Crippen molar-refractivity contribution in [3.05, 3.63) is 35.6 Å². The van der Waals surface area contributed by atoms with Crippen LogP contribution in [0.15, 0.2) is 24.3 Å². The third-order valence-corrected chi connectivity index (χ3v) is 5.00. The Kier molecular flexibility index (Phi) is 5.53. The number of halogens is 1. The normalized spacial score (nSPS) is 18.0. The summed E-state index contributed by atoms with van der Waals surface area (Å²) < 4.78 is 17.7. The Hall–Kier alpha value is -2.77. The third kappa shape index (κ3) is 4.15. The second-order valence-electron chi connectivity index (χ2n) is 6.87. The average molecular weight is 376 g/mol. The maximum Gasteiger partial charge on any atom is 0.325 e. The Balaban J connectivity index is 1.41. The van der Waals surface area contributed by atoms with Gasteiger partial charge in [-0.2, -0.15) is 0 Å². The summed E-state index contributed by atoms with van der Waals surface area (Å²) in [6.45, 7) is -0.301. The lowest BCUT2D eigenvalue weighted by Crippen LogP contribution is -2.44. The highest BCUT2D eigenvalue weighted by atomic mass is 19.1. The number of hydrogen-bond acceptors (Lipinski definition) is 5. The summed E-state index contributed by atoms with van der Waals surface area (Å²) in [6.07, 6.45) is 3.38. The molecule has 2 fully saturated rings. The molecule has 7 nitrogen and oxygen atoms in total. The van der Waals surface area contributed by atoms with Crippen LogP contribution in [0.3, 0.4) is 0 Å². The second-order valence-corrected chi connectivity index (χ2v) is 6.87. The van der Waals surface area contributed by atoms with Gasteiger partial charge in [-0.1, -0.05) is 12.8 Å². The fourth-order valence-electron chi connectivity index (χ4n) is 3.52. The summed E-state index contributed by atoms with van der Waals surface area (Å²) in [5, 5.41) is 2.78. The Morgan fingerprint density at radius 2 is 1.81 bits per heavy atom. The molecular formula is C19H21FN2O5. The van der Waals surface area contributed by atoms with Crippen LogP contribution >= 0.6 is 0 Å². The largest absolute Gasteiger partial charge is 0.457 e. The van der Waals surface area contributed by atoms with E-state index >= 15 is 0 Å². The molecule has 1 aliphatic carbocycles. The van der Waals surface area contributed by atoms with Gasteiger partial charge >= 0.3 is 12.0 Å². The van der Waals surface area contributed by atoms with Gasteiger partial charge < -0.3 is 10.1 Å². The first-order chi connectivity index (χ1) is 12.9. The summed E-state index contributed by atoms with van der Waals surface area (Å²) >= 11 is 0. The first-order valence-corrected chi connectivity index (χ1v) is 9.00. The number of urea groups is 1. The molecule has 0 unspecified atom stereocenters. The van der Waals surface area contributed by atoms with Crippen LogP contribution in [-0.4, -0.2) is 47.3 Å². The van der Waals surface area contributed by atoms with Crippen LogP contribution < -0.4 is 5.32 Å². The lowest BCUT2D eigenvalue weighted by molar-refractivity contribution is -0.143. The highest BCUT2D eigenvalue weighted by Gasteiger charge is 2.52. The third-order valence-electron chi connectivity index (χ3n) is 5.00. The molecule has 1 aromatic carbocycles. The molecule has 0 atom stereocenters.